The lowest BCUT2D eigenvalue weighted by Gasteiger charge is -2.19. The van der Waals surface area contributed by atoms with Crippen LogP contribution in [0.2, 0.25) is 0 Å². The van der Waals surface area contributed by atoms with Gasteiger partial charge in [0.05, 0.1) is 26.0 Å². The number of nitrogens with zero attached hydrogens (tertiary/aromatic N) is 3. The molecule has 0 spiro atoms. The molecule has 2 heterocycles. The molecule has 1 aliphatic heterocycles. The molecule has 0 aromatic carbocycles. The van der Waals surface area contributed by atoms with E-state index in [0.717, 1.165) is 6.42 Å². The molecule has 1 aromatic rings. The number of nitrogens with one attached hydrogen (secondary N) is 1. The highest BCUT2D eigenvalue weighted by molar-refractivity contribution is 5.74. The summed E-state index contributed by atoms with van der Waals surface area (Å²) in [5.41, 5.74) is 0. The predicted molar refractivity (Wildman–Crippen MR) is 72.9 cm³/mol. The van der Waals surface area contributed by atoms with Crippen LogP contribution in [0, 0.1) is 0 Å². The first-order chi connectivity index (χ1) is 9.58. The SMILES string of the molecule is COc1cncc(OC2CCN(C(=O)NC(C)C)C2)n1. The largest absolute Gasteiger partial charge is 0.480 e. The second-order valence-electron chi connectivity index (χ2n) is 4.98. The molecule has 7 heteroatoms. The Morgan fingerprint density at radius 2 is 2.20 bits per heavy atom. The van der Waals surface area contributed by atoms with Crippen molar-refractivity contribution in [2.45, 2.75) is 32.4 Å². The van der Waals surface area contributed by atoms with E-state index in [4.69, 9.17) is 9.47 Å². The van der Waals surface area contributed by atoms with E-state index in [0.29, 0.717) is 24.8 Å². The zero-order chi connectivity index (χ0) is 14.5. The highest BCUT2D eigenvalue weighted by Gasteiger charge is 2.28. The van der Waals surface area contributed by atoms with Gasteiger partial charge in [-0.3, -0.25) is 4.98 Å². The fourth-order valence-corrected chi connectivity index (χ4v) is 2.00. The van der Waals surface area contributed by atoms with Crippen LogP contribution in [-0.2, 0) is 0 Å². The van der Waals surface area contributed by atoms with Gasteiger partial charge >= 0.3 is 6.03 Å². The van der Waals surface area contributed by atoms with E-state index in [1.807, 2.05) is 13.8 Å². The van der Waals surface area contributed by atoms with Crippen molar-refractivity contribution in [2.24, 2.45) is 0 Å². The molecule has 2 amide bonds. The number of hydrogen-bond donors (Lipinski definition) is 1. The Kier molecular flexibility index (Phi) is 4.60. The van der Waals surface area contributed by atoms with Crippen molar-refractivity contribution in [1.29, 1.82) is 0 Å². The number of urea groups is 1. The average molecular weight is 280 g/mol. The lowest BCUT2D eigenvalue weighted by atomic mass is 10.3. The maximum atomic E-state index is 11.9. The molecular formula is C13H20N4O3. The average Bonchev–Trinajstić information content (AvgIpc) is 2.87. The van der Waals surface area contributed by atoms with Crippen molar-refractivity contribution in [3.05, 3.63) is 12.4 Å². The van der Waals surface area contributed by atoms with Crippen LogP contribution in [0.25, 0.3) is 0 Å². The molecule has 1 fully saturated rings. The van der Waals surface area contributed by atoms with Gasteiger partial charge in [-0.25, -0.2) is 4.79 Å². The van der Waals surface area contributed by atoms with Gasteiger partial charge in [-0.15, -0.1) is 0 Å². The topological polar surface area (TPSA) is 76.6 Å². The number of rotatable bonds is 4. The zero-order valence-electron chi connectivity index (χ0n) is 12.0. The standard InChI is InChI=1S/C13H20N4O3/c1-9(2)15-13(18)17-5-4-10(8-17)20-12-7-14-6-11(16-12)19-3/h6-7,9-10H,4-5,8H2,1-3H3,(H,15,18). The Bertz CT molecular complexity index is 467. The summed E-state index contributed by atoms with van der Waals surface area (Å²) in [6.45, 7) is 5.11. The first-order valence-electron chi connectivity index (χ1n) is 6.66. The van der Waals surface area contributed by atoms with Gasteiger partial charge in [-0.05, 0) is 13.8 Å². The number of methoxy groups -OCH3 is 1. The number of carbonyl (C=O) groups is 1. The second kappa shape index (κ2) is 6.40. The van der Waals surface area contributed by atoms with Crippen molar-refractivity contribution in [3.8, 4) is 11.8 Å². The summed E-state index contributed by atoms with van der Waals surface area (Å²) >= 11 is 0. The van der Waals surface area contributed by atoms with Crippen molar-refractivity contribution in [3.63, 3.8) is 0 Å². The Labute approximate surface area is 118 Å². The Morgan fingerprint density at radius 3 is 2.90 bits per heavy atom. The lowest BCUT2D eigenvalue weighted by Crippen LogP contribution is -2.42. The van der Waals surface area contributed by atoms with Gasteiger partial charge in [-0.1, -0.05) is 0 Å². The molecule has 0 saturated carbocycles. The van der Waals surface area contributed by atoms with Crippen molar-refractivity contribution >= 4 is 6.03 Å². The highest BCUT2D eigenvalue weighted by atomic mass is 16.5. The van der Waals surface area contributed by atoms with E-state index in [2.05, 4.69) is 15.3 Å². The minimum atomic E-state index is -0.0608. The van der Waals surface area contributed by atoms with E-state index < -0.39 is 0 Å². The highest BCUT2D eigenvalue weighted by Crippen LogP contribution is 2.17. The molecule has 110 valence electrons. The Morgan fingerprint density at radius 1 is 1.45 bits per heavy atom. The van der Waals surface area contributed by atoms with Crippen molar-refractivity contribution < 1.29 is 14.3 Å². The summed E-state index contributed by atoms with van der Waals surface area (Å²) in [7, 11) is 1.53. The van der Waals surface area contributed by atoms with E-state index in [9.17, 15) is 4.79 Å². The minimum absolute atomic E-state index is 0.0529. The molecule has 0 aliphatic carbocycles. The van der Waals surface area contributed by atoms with Crippen molar-refractivity contribution in [2.75, 3.05) is 20.2 Å². The quantitative estimate of drug-likeness (QED) is 0.892. The third kappa shape index (κ3) is 3.72. The molecule has 1 aliphatic rings. The fourth-order valence-electron chi connectivity index (χ4n) is 2.00. The molecule has 1 unspecified atom stereocenters. The number of likely N-dealkylation sites (tertiary alicyclic amines) is 1. The first-order valence-corrected chi connectivity index (χ1v) is 6.66. The zero-order valence-corrected chi connectivity index (χ0v) is 12.0. The van der Waals surface area contributed by atoms with Gasteiger partial charge in [0.2, 0.25) is 11.8 Å². The molecule has 0 radical (unpaired) electrons. The summed E-state index contributed by atoms with van der Waals surface area (Å²) in [6.07, 6.45) is 3.78. The maximum absolute atomic E-state index is 11.9. The molecule has 2 rings (SSSR count). The van der Waals surface area contributed by atoms with E-state index >= 15 is 0 Å². The van der Waals surface area contributed by atoms with Gasteiger partial charge in [0.15, 0.2) is 0 Å². The first kappa shape index (κ1) is 14.4. The van der Waals surface area contributed by atoms with Crippen LogP contribution < -0.4 is 14.8 Å². The van der Waals surface area contributed by atoms with Crippen LogP contribution in [-0.4, -0.2) is 53.2 Å². The van der Waals surface area contributed by atoms with Gasteiger partial charge in [-0.2, -0.15) is 4.98 Å². The molecule has 0 bridgehead atoms. The van der Waals surface area contributed by atoms with E-state index in [1.54, 1.807) is 11.1 Å². The van der Waals surface area contributed by atoms with Gasteiger partial charge in [0.25, 0.3) is 0 Å². The van der Waals surface area contributed by atoms with E-state index in [1.165, 1.54) is 13.3 Å². The number of aromatic nitrogens is 2. The molecule has 7 nitrogen and oxygen atoms in total. The van der Waals surface area contributed by atoms with Crippen LogP contribution in [0.4, 0.5) is 4.79 Å². The van der Waals surface area contributed by atoms with Crippen LogP contribution in [0.15, 0.2) is 12.4 Å². The third-order valence-corrected chi connectivity index (χ3v) is 2.93. The normalized spacial score (nSPS) is 18.2. The number of amides is 2. The van der Waals surface area contributed by atoms with Crippen LogP contribution in [0.3, 0.4) is 0 Å². The molecule has 20 heavy (non-hydrogen) atoms. The monoisotopic (exact) mass is 280 g/mol. The number of hydrogen-bond acceptors (Lipinski definition) is 5. The molecular weight excluding hydrogens is 260 g/mol. The molecule has 1 N–H and O–H groups in total. The molecule has 1 atom stereocenters. The smallest absolute Gasteiger partial charge is 0.317 e. The van der Waals surface area contributed by atoms with Gasteiger partial charge in [0.1, 0.15) is 6.10 Å². The van der Waals surface area contributed by atoms with Gasteiger partial charge in [0, 0.05) is 19.0 Å². The van der Waals surface area contributed by atoms with Gasteiger partial charge < -0.3 is 19.7 Å². The molecule has 1 aromatic heterocycles. The number of ether oxygens (including phenoxy) is 2. The number of carbonyl (C=O) groups excluding carboxylic acids is 1. The summed E-state index contributed by atoms with van der Waals surface area (Å²) in [6, 6.07) is 0.0783. The summed E-state index contributed by atoms with van der Waals surface area (Å²) in [5.74, 6) is 0.829. The van der Waals surface area contributed by atoms with Crippen LogP contribution in [0.1, 0.15) is 20.3 Å². The summed E-state index contributed by atoms with van der Waals surface area (Å²) < 4.78 is 10.7. The fraction of sp³-hybridized carbons (Fsp3) is 0.615. The predicted octanol–water partition coefficient (Wildman–Crippen LogP) is 1.06. The minimum Gasteiger partial charge on any atom is -0.480 e. The lowest BCUT2D eigenvalue weighted by molar-refractivity contribution is 0.180. The Balaban J connectivity index is 1.88. The maximum Gasteiger partial charge on any atom is 0.317 e. The van der Waals surface area contributed by atoms with E-state index in [-0.39, 0.29) is 18.2 Å². The molecule has 1 saturated heterocycles. The second-order valence-corrected chi connectivity index (χ2v) is 4.98. The summed E-state index contributed by atoms with van der Waals surface area (Å²) in [5, 5.41) is 2.87. The Hall–Kier alpha value is -2.05. The summed E-state index contributed by atoms with van der Waals surface area (Å²) in [4.78, 5) is 21.7. The van der Waals surface area contributed by atoms with Crippen LogP contribution >= 0.6 is 0 Å². The van der Waals surface area contributed by atoms with Crippen LogP contribution in [0.5, 0.6) is 11.8 Å². The third-order valence-electron chi connectivity index (χ3n) is 2.93. The van der Waals surface area contributed by atoms with Crippen molar-refractivity contribution in [1.82, 2.24) is 20.2 Å².